The van der Waals surface area contributed by atoms with Crippen molar-refractivity contribution in [2.24, 2.45) is 10.9 Å². The summed E-state index contributed by atoms with van der Waals surface area (Å²) in [5, 5.41) is 4.37. The summed E-state index contributed by atoms with van der Waals surface area (Å²) in [4.78, 5) is 9.63. The molecular formula is C26H29FN4O2. The average Bonchev–Trinajstić information content (AvgIpc) is 2.82. The van der Waals surface area contributed by atoms with Gasteiger partial charge < -0.3 is 25.1 Å². The number of anilines is 1. The van der Waals surface area contributed by atoms with Crippen LogP contribution in [0.15, 0.2) is 77.9 Å². The van der Waals surface area contributed by atoms with Gasteiger partial charge in [0.2, 0.25) is 0 Å². The van der Waals surface area contributed by atoms with Crippen molar-refractivity contribution < 1.29 is 14.0 Å². The minimum absolute atomic E-state index is 0.0683. The van der Waals surface area contributed by atoms with Crippen LogP contribution >= 0.6 is 0 Å². The molecule has 0 aromatic heterocycles. The molecule has 1 atom stereocenters. The smallest absolute Gasteiger partial charge is 0.172 e. The maximum absolute atomic E-state index is 13.8. The van der Waals surface area contributed by atoms with E-state index >= 15 is 0 Å². The minimum Gasteiger partial charge on any atom is -0.495 e. The molecule has 6 nitrogen and oxygen atoms in total. The standard InChI is InChI=1S/C26H29FN4O2/c1-4-30(16-18(2)28)23-11-10-19(14-25(23)32-3)13-21-8-6-12-31-24(17-33-29-26(21)31)20-7-5-9-22(27)15-20/h4-5,7,9-11,13-16,24H,1,6,8,12,17,28H2,2-3H3/b18-16-,21-13+. The molecule has 2 aromatic carbocycles. The van der Waals surface area contributed by atoms with Crippen molar-refractivity contribution >= 4 is 17.6 Å². The van der Waals surface area contributed by atoms with Gasteiger partial charge in [-0.3, -0.25) is 0 Å². The average molecular weight is 449 g/mol. The zero-order chi connectivity index (χ0) is 23.4. The number of nitrogens with two attached hydrogens (primary N) is 1. The van der Waals surface area contributed by atoms with Crippen molar-refractivity contribution in [3.8, 4) is 5.75 Å². The summed E-state index contributed by atoms with van der Waals surface area (Å²) in [6, 6.07) is 12.6. The van der Waals surface area contributed by atoms with Gasteiger partial charge in [0.1, 0.15) is 18.2 Å². The first-order valence-corrected chi connectivity index (χ1v) is 11.0. The lowest BCUT2D eigenvalue weighted by molar-refractivity contribution is 0.0574. The Morgan fingerprint density at radius 1 is 1.33 bits per heavy atom. The second kappa shape index (κ2) is 9.81. The van der Waals surface area contributed by atoms with Gasteiger partial charge in [-0.25, -0.2) is 4.39 Å². The van der Waals surface area contributed by atoms with Gasteiger partial charge in [-0.05, 0) is 66.8 Å². The van der Waals surface area contributed by atoms with E-state index in [-0.39, 0.29) is 11.9 Å². The molecule has 0 spiro atoms. The van der Waals surface area contributed by atoms with Crippen molar-refractivity contribution in [1.29, 1.82) is 0 Å². The monoisotopic (exact) mass is 448 g/mol. The summed E-state index contributed by atoms with van der Waals surface area (Å²) in [7, 11) is 1.64. The number of piperidine rings is 1. The molecule has 0 amide bonds. The molecule has 0 saturated carbocycles. The highest BCUT2D eigenvalue weighted by molar-refractivity contribution is 6.03. The molecule has 1 fully saturated rings. The summed E-state index contributed by atoms with van der Waals surface area (Å²) in [6.45, 7) is 6.93. The van der Waals surface area contributed by atoms with Gasteiger partial charge >= 0.3 is 0 Å². The molecule has 1 saturated heterocycles. The van der Waals surface area contributed by atoms with E-state index in [0.717, 1.165) is 47.6 Å². The summed E-state index contributed by atoms with van der Waals surface area (Å²) in [5.74, 6) is 1.26. The molecule has 2 aliphatic rings. The van der Waals surface area contributed by atoms with E-state index in [0.29, 0.717) is 18.1 Å². The van der Waals surface area contributed by atoms with E-state index in [1.165, 1.54) is 6.07 Å². The number of oxime groups is 1. The van der Waals surface area contributed by atoms with Gasteiger partial charge in [0, 0.05) is 24.6 Å². The molecule has 0 bridgehead atoms. The third-order valence-corrected chi connectivity index (χ3v) is 5.76. The van der Waals surface area contributed by atoms with Crippen LogP contribution in [0.5, 0.6) is 5.75 Å². The lowest BCUT2D eigenvalue weighted by atomic mass is 9.96. The Hall–Kier alpha value is -3.74. The molecule has 0 radical (unpaired) electrons. The van der Waals surface area contributed by atoms with Gasteiger partial charge in [0.25, 0.3) is 0 Å². The van der Waals surface area contributed by atoms with Crippen LogP contribution in [-0.4, -0.2) is 31.0 Å². The number of hydrogen-bond donors (Lipinski definition) is 1. The van der Waals surface area contributed by atoms with Crippen molar-refractivity contribution in [1.82, 2.24) is 4.90 Å². The fraction of sp³-hybridized carbons (Fsp3) is 0.269. The summed E-state index contributed by atoms with van der Waals surface area (Å²) in [6.07, 6.45) is 7.45. The molecule has 2 aromatic rings. The molecule has 2 aliphatic heterocycles. The molecule has 0 aliphatic carbocycles. The van der Waals surface area contributed by atoms with E-state index in [4.69, 9.17) is 15.3 Å². The lowest BCUT2D eigenvalue weighted by Crippen LogP contribution is -2.44. The minimum atomic E-state index is -0.246. The first-order valence-electron chi connectivity index (χ1n) is 11.0. The lowest BCUT2D eigenvalue weighted by Gasteiger charge is -2.40. The van der Waals surface area contributed by atoms with Crippen LogP contribution in [0, 0.1) is 5.82 Å². The number of ether oxygens (including phenoxy) is 1. The topological polar surface area (TPSA) is 63.3 Å². The first-order chi connectivity index (χ1) is 16.0. The van der Waals surface area contributed by atoms with E-state index in [1.54, 1.807) is 31.6 Å². The normalized spacial score (nSPS) is 19.4. The number of amidine groups is 1. The van der Waals surface area contributed by atoms with Crippen LogP contribution in [-0.2, 0) is 4.84 Å². The number of allylic oxidation sites excluding steroid dienone is 1. The molecule has 33 heavy (non-hydrogen) atoms. The number of hydrogen-bond acceptors (Lipinski definition) is 6. The Bertz CT molecular complexity index is 1120. The number of nitrogens with zero attached hydrogens (tertiary/aromatic N) is 3. The van der Waals surface area contributed by atoms with Gasteiger partial charge in [0.05, 0.1) is 18.8 Å². The molecule has 2 N–H and O–H groups in total. The van der Waals surface area contributed by atoms with Crippen LogP contribution in [0.2, 0.25) is 0 Å². The quantitative estimate of drug-likeness (QED) is 0.661. The Labute approximate surface area is 194 Å². The molecule has 4 rings (SSSR count). The summed E-state index contributed by atoms with van der Waals surface area (Å²) >= 11 is 0. The highest BCUT2D eigenvalue weighted by atomic mass is 19.1. The van der Waals surface area contributed by atoms with E-state index in [1.807, 2.05) is 36.1 Å². The van der Waals surface area contributed by atoms with Crippen LogP contribution in [0.3, 0.4) is 0 Å². The van der Waals surface area contributed by atoms with Gasteiger partial charge in [-0.1, -0.05) is 29.9 Å². The van der Waals surface area contributed by atoms with Gasteiger partial charge in [-0.15, -0.1) is 0 Å². The van der Waals surface area contributed by atoms with E-state index in [2.05, 4.69) is 22.7 Å². The summed E-state index contributed by atoms with van der Waals surface area (Å²) in [5.41, 5.74) is 10.3. The largest absolute Gasteiger partial charge is 0.495 e. The Balaban J connectivity index is 1.64. The van der Waals surface area contributed by atoms with Crippen molar-refractivity contribution in [3.05, 3.63) is 89.7 Å². The Kier molecular flexibility index (Phi) is 6.68. The molecule has 7 heteroatoms. The second-order valence-corrected chi connectivity index (χ2v) is 8.14. The van der Waals surface area contributed by atoms with Gasteiger partial charge in [-0.2, -0.15) is 0 Å². The maximum atomic E-state index is 13.8. The SMILES string of the molecule is C=CN(/C=C(/C)N)c1ccc(/C=C2\CCCN3C2=NOCC3c2cccc(F)c2)cc1OC. The number of benzene rings is 2. The molecule has 172 valence electrons. The zero-order valence-electron chi connectivity index (χ0n) is 19.0. The second-order valence-electron chi connectivity index (χ2n) is 8.14. The number of fused-ring (bicyclic) bond motifs is 1. The predicted molar refractivity (Wildman–Crippen MR) is 130 cm³/mol. The van der Waals surface area contributed by atoms with Crippen molar-refractivity contribution in [3.63, 3.8) is 0 Å². The number of halogens is 1. The maximum Gasteiger partial charge on any atom is 0.172 e. The predicted octanol–water partition coefficient (Wildman–Crippen LogP) is 5.17. The fourth-order valence-corrected chi connectivity index (χ4v) is 4.28. The number of rotatable bonds is 6. The van der Waals surface area contributed by atoms with E-state index in [9.17, 15) is 4.39 Å². The highest BCUT2D eigenvalue weighted by Crippen LogP contribution is 2.35. The Morgan fingerprint density at radius 3 is 2.91 bits per heavy atom. The van der Waals surface area contributed by atoms with Crippen LogP contribution in [0.25, 0.3) is 6.08 Å². The molecular weight excluding hydrogens is 419 g/mol. The van der Waals surface area contributed by atoms with Gasteiger partial charge in [0.15, 0.2) is 5.84 Å². The highest BCUT2D eigenvalue weighted by Gasteiger charge is 2.33. The van der Waals surface area contributed by atoms with Crippen molar-refractivity contribution in [2.45, 2.75) is 25.8 Å². The Morgan fingerprint density at radius 2 is 2.18 bits per heavy atom. The fourth-order valence-electron chi connectivity index (χ4n) is 4.28. The third-order valence-electron chi connectivity index (χ3n) is 5.76. The first kappa shape index (κ1) is 22.5. The summed E-state index contributed by atoms with van der Waals surface area (Å²) < 4.78 is 19.5. The van der Waals surface area contributed by atoms with Crippen molar-refractivity contribution in [2.75, 3.05) is 25.2 Å². The molecule has 2 heterocycles. The van der Waals surface area contributed by atoms with Crippen LogP contribution in [0.1, 0.15) is 36.9 Å². The third kappa shape index (κ3) is 4.87. The van der Waals surface area contributed by atoms with E-state index < -0.39 is 0 Å². The zero-order valence-corrected chi connectivity index (χ0v) is 19.0. The molecule has 1 unspecified atom stereocenters. The number of methoxy groups -OCH3 is 1. The van der Waals surface area contributed by atoms with Crippen LogP contribution in [0.4, 0.5) is 10.1 Å². The van der Waals surface area contributed by atoms with Crippen LogP contribution < -0.4 is 15.4 Å².